The smallest absolute Gasteiger partial charge is 0.407 e. The van der Waals surface area contributed by atoms with Crippen molar-refractivity contribution in [1.82, 2.24) is 45.4 Å². The number of furan rings is 1. The third-order valence-corrected chi connectivity index (χ3v) is 11.3. The predicted octanol–water partition coefficient (Wildman–Crippen LogP) is 6.49. The van der Waals surface area contributed by atoms with E-state index >= 15 is 0 Å². The van der Waals surface area contributed by atoms with Gasteiger partial charge in [0.25, 0.3) is 0 Å². The first-order valence-corrected chi connectivity index (χ1v) is 19.5. The number of nitrogens with zero attached hydrogens (tertiary/aromatic N) is 5. The van der Waals surface area contributed by atoms with Crippen LogP contribution in [0.4, 0.5) is 9.59 Å². The number of amides is 4. The fourth-order valence-corrected chi connectivity index (χ4v) is 8.27. The van der Waals surface area contributed by atoms with Crippen molar-refractivity contribution in [1.29, 1.82) is 0 Å². The number of hydrogen-bond donors (Lipinski definition) is 4. The van der Waals surface area contributed by atoms with E-state index in [1.54, 1.807) is 9.80 Å². The van der Waals surface area contributed by atoms with Crippen LogP contribution in [0.1, 0.15) is 77.1 Å². The van der Waals surface area contributed by atoms with Crippen LogP contribution in [0.25, 0.3) is 55.3 Å². The van der Waals surface area contributed by atoms with Crippen molar-refractivity contribution in [3.63, 3.8) is 0 Å². The molecule has 4 aromatic heterocycles. The number of rotatable bonds is 9. The monoisotopic (exact) mass is 777 g/mol. The van der Waals surface area contributed by atoms with Crippen molar-refractivity contribution in [3.8, 4) is 11.5 Å². The summed E-state index contributed by atoms with van der Waals surface area (Å²) in [4.78, 5) is 76.7. The highest BCUT2D eigenvalue weighted by Gasteiger charge is 2.39. The Morgan fingerprint density at radius 3 is 1.82 bits per heavy atom. The molecule has 0 spiro atoms. The van der Waals surface area contributed by atoms with Gasteiger partial charge in [-0.05, 0) is 73.2 Å². The fraction of sp³-hybridized carbons (Fsp3) is 0.439. The van der Waals surface area contributed by atoms with Gasteiger partial charge in [0.05, 0.1) is 42.9 Å². The van der Waals surface area contributed by atoms with Gasteiger partial charge in [-0.1, -0.05) is 33.8 Å². The van der Waals surface area contributed by atoms with E-state index in [9.17, 15) is 19.2 Å². The Hall–Kier alpha value is -6.19. The highest BCUT2D eigenvalue weighted by atomic mass is 16.5. The molecule has 0 radical (unpaired) electrons. The average Bonchev–Trinajstić information content (AvgIpc) is 4.05. The van der Waals surface area contributed by atoms with Crippen LogP contribution in [0, 0.1) is 11.8 Å². The summed E-state index contributed by atoms with van der Waals surface area (Å²) >= 11 is 0. The quantitative estimate of drug-likeness (QED) is 0.126. The van der Waals surface area contributed by atoms with Crippen LogP contribution >= 0.6 is 0 Å². The second-order valence-electron chi connectivity index (χ2n) is 15.6. The van der Waals surface area contributed by atoms with Gasteiger partial charge in [-0.2, -0.15) is 0 Å². The third kappa shape index (κ3) is 6.86. The first-order valence-electron chi connectivity index (χ1n) is 19.5. The number of fused-ring (bicyclic) bond motifs is 6. The van der Waals surface area contributed by atoms with Crippen molar-refractivity contribution in [2.75, 3.05) is 27.3 Å². The van der Waals surface area contributed by atoms with E-state index in [-0.39, 0.29) is 35.7 Å². The topological polar surface area (TPSA) is 201 Å². The lowest BCUT2D eigenvalue weighted by atomic mass is 10.0. The van der Waals surface area contributed by atoms with Crippen LogP contribution in [-0.4, -0.2) is 98.1 Å². The fourth-order valence-electron chi connectivity index (χ4n) is 8.27. The van der Waals surface area contributed by atoms with E-state index in [4.69, 9.17) is 28.8 Å². The highest BCUT2D eigenvalue weighted by Crippen LogP contribution is 2.38. The first-order chi connectivity index (χ1) is 27.4. The molecule has 0 aliphatic carbocycles. The van der Waals surface area contributed by atoms with Crippen LogP contribution in [0.5, 0.6) is 0 Å². The number of H-pyrrole nitrogens is 2. The standard InChI is InChI=1S/C41H47N9O7/c1-20(2)31(47-40(53)55-5)38(51)49-15-7-9-28(49)36-43-25-13-11-22-17-27(42-19-24(22)33(25)45-36)30-18-23-12-14-26-34(35(23)57-30)46-37(44-26)29-10-8-16-50(29)39(52)32(21(3)4)48-41(54)56-6/h11-14,17-21,28-29,31-32H,7-10,15-16H2,1-6H3,(H,43,45)(H,44,46)(H,47,53)(H,48,54)/t28-,29-,31-,32-/m0/s1. The minimum Gasteiger partial charge on any atom is -0.453 e. The number of pyridine rings is 1. The summed E-state index contributed by atoms with van der Waals surface area (Å²) in [5, 5.41) is 8.09. The second-order valence-corrected chi connectivity index (χ2v) is 15.6. The molecule has 0 saturated carbocycles. The molecule has 6 heterocycles. The number of ether oxygens (including phenoxy) is 2. The van der Waals surface area contributed by atoms with Crippen LogP contribution < -0.4 is 10.6 Å². The number of carbonyl (C=O) groups excluding carboxylic acids is 4. The van der Waals surface area contributed by atoms with Crippen LogP contribution in [0.3, 0.4) is 0 Å². The molecule has 57 heavy (non-hydrogen) atoms. The van der Waals surface area contributed by atoms with Crippen molar-refractivity contribution in [3.05, 3.63) is 54.2 Å². The van der Waals surface area contributed by atoms with Crippen molar-refractivity contribution >= 4 is 67.8 Å². The Morgan fingerprint density at radius 1 is 0.754 bits per heavy atom. The normalized spacial score (nSPS) is 18.3. The van der Waals surface area contributed by atoms with Crippen LogP contribution in [0.15, 0.2) is 47.0 Å². The molecule has 2 saturated heterocycles. The molecule has 4 atom stereocenters. The SMILES string of the molecule is COC(=O)N[C@H](C(=O)N1CCC[C@H]1c1nc2ccc3cc(-c4cc5ccc6nc([C@@H]7CCCN7C(=O)[C@@H](NC(=O)OC)C(C)C)[nH]c6c5o4)ncc3c2[nH]1)C(C)C. The van der Waals surface area contributed by atoms with E-state index < -0.39 is 24.3 Å². The zero-order valence-electron chi connectivity index (χ0n) is 32.8. The van der Waals surface area contributed by atoms with Crippen LogP contribution in [0.2, 0.25) is 0 Å². The number of hydrogen-bond acceptors (Lipinski definition) is 10. The molecule has 0 bridgehead atoms. The lowest BCUT2D eigenvalue weighted by Crippen LogP contribution is -2.51. The summed E-state index contributed by atoms with van der Waals surface area (Å²) in [6.07, 6.45) is 3.64. The van der Waals surface area contributed by atoms with Gasteiger partial charge >= 0.3 is 12.2 Å². The zero-order valence-corrected chi connectivity index (χ0v) is 32.8. The largest absolute Gasteiger partial charge is 0.453 e. The molecular formula is C41H47N9O7. The Morgan fingerprint density at radius 2 is 1.28 bits per heavy atom. The van der Waals surface area contributed by atoms with Gasteiger partial charge < -0.3 is 44.3 Å². The Labute approximate surface area is 328 Å². The second kappa shape index (κ2) is 15.0. The summed E-state index contributed by atoms with van der Waals surface area (Å²) in [5.41, 5.74) is 4.33. The van der Waals surface area contributed by atoms with E-state index in [0.717, 1.165) is 63.9 Å². The van der Waals surface area contributed by atoms with E-state index in [0.29, 0.717) is 41.8 Å². The maximum absolute atomic E-state index is 13.7. The number of benzene rings is 2. The number of imidazole rings is 2. The van der Waals surface area contributed by atoms with Gasteiger partial charge in [-0.3, -0.25) is 14.6 Å². The number of aromatic nitrogens is 5. The number of alkyl carbamates (subject to hydrolysis) is 2. The van der Waals surface area contributed by atoms with Gasteiger partial charge in [-0.15, -0.1) is 0 Å². The van der Waals surface area contributed by atoms with E-state index in [1.165, 1.54) is 14.2 Å². The molecule has 8 rings (SSSR count). The summed E-state index contributed by atoms with van der Waals surface area (Å²) in [6.45, 7) is 8.69. The maximum Gasteiger partial charge on any atom is 0.407 e. The molecule has 6 aromatic rings. The number of carbonyl (C=O) groups is 4. The number of methoxy groups -OCH3 is 2. The van der Waals surface area contributed by atoms with Gasteiger partial charge in [0, 0.05) is 30.1 Å². The highest BCUT2D eigenvalue weighted by molar-refractivity contribution is 6.05. The molecule has 0 unspecified atom stereocenters. The van der Waals surface area contributed by atoms with Gasteiger partial charge in [-0.25, -0.2) is 19.6 Å². The number of aromatic amines is 2. The lowest BCUT2D eigenvalue weighted by Gasteiger charge is -2.29. The van der Waals surface area contributed by atoms with Crippen LogP contribution in [-0.2, 0) is 19.1 Å². The minimum absolute atomic E-state index is 0.130. The molecule has 298 valence electrons. The third-order valence-electron chi connectivity index (χ3n) is 11.3. The van der Waals surface area contributed by atoms with Crippen molar-refractivity contribution < 1.29 is 33.1 Å². The minimum atomic E-state index is -0.725. The number of nitrogens with one attached hydrogen (secondary N) is 4. The molecule has 4 N–H and O–H groups in total. The summed E-state index contributed by atoms with van der Waals surface area (Å²) in [6, 6.07) is 9.81. The lowest BCUT2D eigenvalue weighted by molar-refractivity contribution is -0.136. The molecular weight excluding hydrogens is 731 g/mol. The van der Waals surface area contributed by atoms with Gasteiger partial charge in [0.15, 0.2) is 11.3 Å². The van der Waals surface area contributed by atoms with Crippen molar-refractivity contribution in [2.24, 2.45) is 11.8 Å². The Kier molecular flexibility index (Phi) is 9.96. The first kappa shape index (κ1) is 37.7. The Bertz CT molecular complexity index is 2520. The molecule has 4 amide bonds. The van der Waals surface area contributed by atoms with Crippen molar-refractivity contribution in [2.45, 2.75) is 77.5 Å². The number of likely N-dealkylation sites (tertiary alicyclic amines) is 2. The maximum atomic E-state index is 13.7. The summed E-state index contributed by atoms with van der Waals surface area (Å²) in [7, 11) is 2.57. The average molecular weight is 778 g/mol. The molecule has 16 nitrogen and oxygen atoms in total. The van der Waals surface area contributed by atoms with Gasteiger partial charge in [0.2, 0.25) is 11.8 Å². The Balaban J connectivity index is 1.06. The molecule has 2 fully saturated rings. The molecule has 2 aliphatic heterocycles. The van der Waals surface area contributed by atoms with E-state index in [2.05, 4.69) is 20.6 Å². The molecule has 2 aromatic carbocycles. The molecule has 16 heteroatoms. The predicted molar refractivity (Wildman–Crippen MR) is 212 cm³/mol. The summed E-state index contributed by atoms with van der Waals surface area (Å²) in [5.74, 6) is 1.34. The molecule has 2 aliphatic rings. The van der Waals surface area contributed by atoms with E-state index in [1.807, 2.05) is 70.3 Å². The van der Waals surface area contributed by atoms with Gasteiger partial charge in [0.1, 0.15) is 34.9 Å². The zero-order chi connectivity index (χ0) is 40.1. The summed E-state index contributed by atoms with van der Waals surface area (Å²) < 4.78 is 16.0.